The number of nitrogens with zero attached hydrogens (tertiary/aromatic N) is 2. The molecule has 1 aliphatic rings. The molecule has 2 heterocycles. The molecule has 3 nitrogen and oxygen atoms in total. The van der Waals surface area contributed by atoms with Crippen molar-refractivity contribution in [3.05, 3.63) is 180 Å². The van der Waals surface area contributed by atoms with Gasteiger partial charge in [-0.05, 0) is 91.7 Å². The van der Waals surface area contributed by atoms with Gasteiger partial charge in [0, 0.05) is 22.3 Å². The molecule has 10 rings (SSSR count). The molecule has 3 heteroatoms. The van der Waals surface area contributed by atoms with Gasteiger partial charge in [0.05, 0.1) is 11.8 Å². The zero-order valence-corrected chi connectivity index (χ0v) is 28.3. The third kappa shape index (κ3) is 4.88. The molecule has 0 aliphatic carbocycles. The van der Waals surface area contributed by atoms with Crippen molar-refractivity contribution in [1.82, 2.24) is 0 Å². The van der Waals surface area contributed by atoms with Crippen LogP contribution in [-0.2, 0) is 0 Å². The minimum atomic E-state index is -0.0127. The number of fused-ring (bicyclic) bond motifs is 3. The maximum Gasteiger partial charge on any atom is 0.155 e. The van der Waals surface area contributed by atoms with Crippen molar-refractivity contribution in [1.29, 1.82) is 0 Å². The molecule has 2 atom stereocenters. The predicted molar refractivity (Wildman–Crippen MR) is 213 cm³/mol. The highest BCUT2D eigenvalue weighted by Gasteiger charge is 2.31. The SMILES string of the molecule is CCC1C(c2cccc(-c3cccc(-c4cc5oc6cccc7c8ccccc8c(c4)c5c67)c3)c2)=NC(c2ccccc2)=NC1c1ccccc1. The topological polar surface area (TPSA) is 37.9 Å². The Morgan fingerprint density at radius 3 is 1.78 bits per heavy atom. The molecule has 0 saturated heterocycles. The first-order valence-electron chi connectivity index (χ1n) is 17.8. The van der Waals surface area contributed by atoms with Crippen LogP contribution in [0, 0.1) is 5.92 Å². The summed E-state index contributed by atoms with van der Waals surface area (Å²) in [5, 5.41) is 7.40. The zero-order valence-electron chi connectivity index (χ0n) is 28.3. The smallest absolute Gasteiger partial charge is 0.155 e. The van der Waals surface area contributed by atoms with Crippen LogP contribution in [-0.4, -0.2) is 11.5 Å². The number of aliphatic imine (C=N–C) groups is 2. The highest BCUT2D eigenvalue weighted by atomic mass is 16.3. The fourth-order valence-electron chi connectivity index (χ4n) is 8.21. The first-order valence-corrected chi connectivity index (χ1v) is 17.8. The molecule has 242 valence electrons. The minimum absolute atomic E-state index is 0.0127. The Balaban J connectivity index is 1.08. The number of furan rings is 1. The van der Waals surface area contributed by atoms with Crippen molar-refractivity contribution >= 4 is 55.0 Å². The van der Waals surface area contributed by atoms with Gasteiger partial charge >= 0.3 is 0 Å². The Labute approximate surface area is 296 Å². The van der Waals surface area contributed by atoms with Crippen LogP contribution in [0.1, 0.15) is 36.1 Å². The van der Waals surface area contributed by atoms with E-state index in [9.17, 15) is 0 Å². The molecule has 0 N–H and O–H groups in total. The molecule has 0 radical (unpaired) electrons. The Hall–Kier alpha value is -6.32. The number of amidine groups is 1. The zero-order chi connectivity index (χ0) is 33.9. The van der Waals surface area contributed by atoms with Crippen molar-refractivity contribution in [2.45, 2.75) is 19.4 Å². The highest BCUT2D eigenvalue weighted by molar-refractivity contribution is 6.33. The standard InChI is InChI=1S/C48H34N2O/c1-2-37-46(30-14-5-3-6-15-30)49-48(31-16-7-4-8-17-31)50-47(37)35-21-12-19-33(27-35)32-18-11-20-34(26-32)36-28-41-39-23-10-9-22-38(39)40-24-13-25-42-44(40)45(41)43(29-36)51-42/h3-29,37,46H,2H2,1H3. The van der Waals surface area contributed by atoms with Crippen LogP contribution in [0.4, 0.5) is 0 Å². The molecule has 0 bridgehead atoms. The monoisotopic (exact) mass is 654 g/mol. The molecule has 9 aromatic rings. The van der Waals surface area contributed by atoms with Gasteiger partial charge in [-0.15, -0.1) is 0 Å². The molecule has 0 saturated carbocycles. The van der Waals surface area contributed by atoms with E-state index in [1.165, 1.54) is 37.9 Å². The van der Waals surface area contributed by atoms with Gasteiger partial charge < -0.3 is 4.42 Å². The lowest BCUT2D eigenvalue weighted by molar-refractivity contribution is 0.532. The molecule has 2 unspecified atom stereocenters. The van der Waals surface area contributed by atoms with Crippen LogP contribution < -0.4 is 0 Å². The predicted octanol–water partition coefficient (Wildman–Crippen LogP) is 12.7. The fourth-order valence-corrected chi connectivity index (χ4v) is 8.21. The van der Waals surface area contributed by atoms with Gasteiger partial charge in [-0.2, -0.15) is 0 Å². The molecule has 0 fully saturated rings. The average molecular weight is 655 g/mol. The van der Waals surface area contributed by atoms with Crippen molar-refractivity contribution in [3.8, 4) is 22.3 Å². The van der Waals surface area contributed by atoms with Gasteiger partial charge in [0.25, 0.3) is 0 Å². The second-order valence-electron chi connectivity index (χ2n) is 13.6. The van der Waals surface area contributed by atoms with E-state index >= 15 is 0 Å². The van der Waals surface area contributed by atoms with Crippen molar-refractivity contribution in [2.75, 3.05) is 0 Å². The average Bonchev–Trinajstić information content (AvgIpc) is 3.60. The second kappa shape index (κ2) is 11.9. The van der Waals surface area contributed by atoms with Gasteiger partial charge in [-0.1, -0.05) is 140 Å². The van der Waals surface area contributed by atoms with Crippen LogP contribution in [0.5, 0.6) is 0 Å². The third-order valence-electron chi connectivity index (χ3n) is 10.6. The number of hydrogen-bond donors (Lipinski definition) is 0. The van der Waals surface area contributed by atoms with Crippen molar-refractivity contribution in [3.63, 3.8) is 0 Å². The van der Waals surface area contributed by atoms with E-state index in [1.54, 1.807) is 0 Å². The van der Waals surface area contributed by atoms with E-state index in [1.807, 2.05) is 6.07 Å². The van der Waals surface area contributed by atoms with Crippen LogP contribution in [0.2, 0.25) is 0 Å². The van der Waals surface area contributed by atoms with Gasteiger partial charge in [0.1, 0.15) is 11.2 Å². The lowest BCUT2D eigenvalue weighted by Crippen LogP contribution is -2.28. The van der Waals surface area contributed by atoms with E-state index < -0.39 is 0 Å². The van der Waals surface area contributed by atoms with E-state index in [0.29, 0.717) is 0 Å². The van der Waals surface area contributed by atoms with E-state index in [2.05, 4.69) is 165 Å². The lowest BCUT2D eigenvalue weighted by atomic mass is 9.82. The maximum atomic E-state index is 6.52. The van der Waals surface area contributed by atoms with Gasteiger partial charge in [-0.25, -0.2) is 4.99 Å². The number of rotatable bonds is 6. The summed E-state index contributed by atoms with van der Waals surface area (Å²) in [6, 6.07) is 58.4. The summed E-state index contributed by atoms with van der Waals surface area (Å²) in [6.45, 7) is 2.25. The summed E-state index contributed by atoms with van der Waals surface area (Å²) in [5.74, 6) is 0.938. The summed E-state index contributed by atoms with van der Waals surface area (Å²) < 4.78 is 6.52. The van der Waals surface area contributed by atoms with Crippen LogP contribution in [0.3, 0.4) is 0 Å². The van der Waals surface area contributed by atoms with Crippen molar-refractivity contribution < 1.29 is 4.42 Å². The fraction of sp³-hybridized carbons (Fsp3) is 0.0833. The van der Waals surface area contributed by atoms with Crippen LogP contribution >= 0.6 is 0 Å². The Morgan fingerprint density at radius 1 is 0.471 bits per heavy atom. The second-order valence-corrected chi connectivity index (χ2v) is 13.6. The normalized spacial score (nSPS) is 16.3. The van der Waals surface area contributed by atoms with E-state index in [-0.39, 0.29) is 12.0 Å². The third-order valence-corrected chi connectivity index (χ3v) is 10.6. The molecule has 0 spiro atoms. The minimum Gasteiger partial charge on any atom is -0.456 e. The molecule has 0 amide bonds. The molecular formula is C48H34N2O. The lowest BCUT2D eigenvalue weighted by Gasteiger charge is -2.30. The molecule has 51 heavy (non-hydrogen) atoms. The first-order chi connectivity index (χ1) is 25.2. The number of benzene rings is 8. The van der Waals surface area contributed by atoms with Crippen molar-refractivity contribution in [2.24, 2.45) is 15.9 Å². The molecule has 1 aliphatic heterocycles. The summed E-state index contributed by atoms with van der Waals surface area (Å²) in [4.78, 5) is 10.6. The molecule has 1 aromatic heterocycles. The summed E-state index contributed by atoms with van der Waals surface area (Å²) >= 11 is 0. The Kier molecular flexibility index (Phi) is 6.92. The summed E-state index contributed by atoms with van der Waals surface area (Å²) in [6.07, 6.45) is 0.931. The van der Waals surface area contributed by atoms with E-state index in [0.717, 1.165) is 62.5 Å². The summed E-state index contributed by atoms with van der Waals surface area (Å²) in [7, 11) is 0. The highest BCUT2D eigenvalue weighted by Crippen LogP contribution is 2.44. The van der Waals surface area contributed by atoms with Gasteiger partial charge in [0.15, 0.2) is 5.84 Å². The van der Waals surface area contributed by atoms with Gasteiger partial charge in [0.2, 0.25) is 0 Å². The Morgan fingerprint density at radius 2 is 1.04 bits per heavy atom. The maximum absolute atomic E-state index is 6.52. The van der Waals surface area contributed by atoms with Crippen LogP contribution in [0.15, 0.2) is 178 Å². The van der Waals surface area contributed by atoms with E-state index in [4.69, 9.17) is 14.4 Å². The summed E-state index contributed by atoms with van der Waals surface area (Å²) in [5.41, 5.74) is 11.0. The first kappa shape index (κ1) is 29.6. The Bertz CT molecular complexity index is 2790. The van der Waals surface area contributed by atoms with Crippen LogP contribution in [0.25, 0.3) is 65.7 Å². The van der Waals surface area contributed by atoms with Gasteiger partial charge in [-0.3, -0.25) is 4.99 Å². The largest absolute Gasteiger partial charge is 0.456 e. The molecular weight excluding hydrogens is 621 g/mol. The quantitative estimate of drug-likeness (QED) is 0.164. The molecule has 8 aromatic carbocycles. The number of hydrogen-bond acceptors (Lipinski definition) is 3.